The van der Waals surface area contributed by atoms with Gasteiger partial charge in [-0.2, -0.15) is 0 Å². The molecular formula is C13H15N3S. The molecule has 0 fully saturated rings. The number of thioether (sulfide) groups is 1. The van der Waals surface area contributed by atoms with Crippen molar-refractivity contribution in [3.8, 4) is 0 Å². The molecule has 1 heterocycles. The lowest BCUT2D eigenvalue weighted by atomic mass is 10.2. The fourth-order valence-electron chi connectivity index (χ4n) is 1.47. The van der Waals surface area contributed by atoms with Crippen molar-refractivity contribution in [3.05, 3.63) is 48.4 Å². The summed E-state index contributed by atoms with van der Waals surface area (Å²) < 4.78 is 0. The predicted octanol–water partition coefficient (Wildman–Crippen LogP) is 2.99. The number of hydrogen-bond acceptors (Lipinski definition) is 4. The van der Waals surface area contributed by atoms with Crippen LogP contribution in [-0.4, -0.2) is 22.3 Å². The lowest BCUT2D eigenvalue weighted by molar-refractivity contribution is 1.04. The van der Waals surface area contributed by atoms with E-state index in [0.717, 1.165) is 17.3 Å². The van der Waals surface area contributed by atoms with E-state index in [1.54, 1.807) is 24.3 Å². The van der Waals surface area contributed by atoms with E-state index in [9.17, 15) is 0 Å². The number of hydrogen-bond donors (Lipinski definition) is 1. The van der Waals surface area contributed by atoms with Crippen molar-refractivity contribution in [2.75, 3.05) is 17.6 Å². The van der Waals surface area contributed by atoms with E-state index < -0.39 is 0 Å². The van der Waals surface area contributed by atoms with Crippen LogP contribution in [0.1, 0.15) is 5.56 Å². The van der Waals surface area contributed by atoms with Gasteiger partial charge in [0.1, 0.15) is 6.33 Å². The molecule has 1 aromatic carbocycles. The van der Waals surface area contributed by atoms with Crippen molar-refractivity contribution < 1.29 is 0 Å². The Bertz CT molecular complexity index is 459. The van der Waals surface area contributed by atoms with Crippen LogP contribution in [-0.2, 0) is 0 Å². The molecule has 0 aliphatic carbocycles. The Morgan fingerprint density at radius 1 is 1.29 bits per heavy atom. The predicted molar refractivity (Wildman–Crippen MR) is 72.4 cm³/mol. The van der Waals surface area contributed by atoms with Gasteiger partial charge in [-0.05, 0) is 30.7 Å². The number of anilines is 1. The monoisotopic (exact) mass is 245 g/mol. The normalized spacial score (nSPS) is 10.2. The van der Waals surface area contributed by atoms with Crippen LogP contribution in [0.25, 0.3) is 0 Å². The summed E-state index contributed by atoms with van der Waals surface area (Å²) in [5.41, 5.74) is 2.45. The number of nitrogens with zero attached hydrogens (tertiary/aromatic N) is 2. The zero-order valence-corrected chi connectivity index (χ0v) is 10.6. The Balaban J connectivity index is 1.73. The quantitative estimate of drug-likeness (QED) is 0.499. The maximum atomic E-state index is 4.16. The molecule has 1 aromatic heterocycles. The molecule has 0 unspecified atom stereocenters. The second-order valence-corrected chi connectivity index (χ2v) is 4.81. The van der Waals surface area contributed by atoms with E-state index in [2.05, 4.69) is 46.5 Å². The van der Waals surface area contributed by atoms with E-state index in [4.69, 9.17) is 0 Å². The third-order valence-corrected chi connectivity index (χ3v) is 3.20. The van der Waals surface area contributed by atoms with Gasteiger partial charge in [-0.15, -0.1) is 11.8 Å². The van der Waals surface area contributed by atoms with Crippen LogP contribution >= 0.6 is 11.8 Å². The van der Waals surface area contributed by atoms with Crippen LogP contribution in [0.5, 0.6) is 0 Å². The van der Waals surface area contributed by atoms with E-state index >= 15 is 0 Å². The average molecular weight is 245 g/mol. The van der Waals surface area contributed by atoms with Crippen LogP contribution in [0.2, 0.25) is 0 Å². The third kappa shape index (κ3) is 4.07. The molecule has 1 N–H and O–H groups in total. The topological polar surface area (TPSA) is 37.8 Å². The average Bonchev–Trinajstić information content (AvgIpc) is 2.36. The van der Waals surface area contributed by atoms with Gasteiger partial charge in [-0.25, -0.2) is 9.97 Å². The molecule has 2 rings (SSSR count). The van der Waals surface area contributed by atoms with Gasteiger partial charge in [0.15, 0.2) is 0 Å². The van der Waals surface area contributed by atoms with E-state index in [1.807, 2.05) is 6.07 Å². The van der Waals surface area contributed by atoms with Gasteiger partial charge in [0.25, 0.3) is 0 Å². The molecule has 4 heteroatoms. The zero-order chi connectivity index (χ0) is 11.9. The van der Waals surface area contributed by atoms with Crippen LogP contribution in [0.15, 0.2) is 47.9 Å². The van der Waals surface area contributed by atoms with E-state index in [-0.39, 0.29) is 0 Å². The van der Waals surface area contributed by atoms with Crippen molar-refractivity contribution in [3.63, 3.8) is 0 Å². The largest absolute Gasteiger partial charge is 0.384 e. The number of aryl methyl sites for hydroxylation is 1. The van der Waals surface area contributed by atoms with Gasteiger partial charge in [-0.3, -0.25) is 0 Å². The Labute approximate surface area is 106 Å². The number of rotatable bonds is 5. The molecule has 3 nitrogen and oxygen atoms in total. The Hall–Kier alpha value is -1.55. The summed E-state index contributed by atoms with van der Waals surface area (Å²) in [6.07, 6.45) is 3.35. The second-order valence-electron chi connectivity index (χ2n) is 3.69. The number of aromatic nitrogens is 2. The van der Waals surface area contributed by atoms with Gasteiger partial charge in [0.05, 0.1) is 5.03 Å². The maximum Gasteiger partial charge on any atom is 0.116 e. The van der Waals surface area contributed by atoms with Crippen molar-refractivity contribution >= 4 is 17.4 Å². The summed E-state index contributed by atoms with van der Waals surface area (Å²) in [6.45, 7) is 3.03. The molecular weight excluding hydrogens is 230 g/mol. The molecule has 0 bridgehead atoms. The lowest BCUT2D eigenvalue weighted by Crippen LogP contribution is -2.04. The first-order valence-electron chi connectivity index (χ1n) is 5.54. The van der Waals surface area contributed by atoms with Crippen LogP contribution < -0.4 is 5.32 Å². The van der Waals surface area contributed by atoms with E-state index in [0.29, 0.717) is 0 Å². The highest BCUT2D eigenvalue weighted by Gasteiger charge is 1.95. The molecule has 0 aliphatic heterocycles. The van der Waals surface area contributed by atoms with Crippen molar-refractivity contribution in [2.45, 2.75) is 11.9 Å². The highest BCUT2D eigenvalue weighted by molar-refractivity contribution is 7.99. The first kappa shape index (κ1) is 11.9. The van der Waals surface area contributed by atoms with Gasteiger partial charge < -0.3 is 5.32 Å². The summed E-state index contributed by atoms with van der Waals surface area (Å²) >= 11 is 1.73. The van der Waals surface area contributed by atoms with Gasteiger partial charge >= 0.3 is 0 Å². The minimum Gasteiger partial charge on any atom is -0.384 e. The third-order valence-electron chi connectivity index (χ3n) is 2.25. The lowest BCUT2D eigenvalue weighted by Gasteiger charge is -2.06. The first-order chi connectivity index (χ1) is 8.34. The standard InChI is InChI=1S/C13H15N3S/c1-11-3-2-4-12(9-11)15-7-8-17-13-5-6-14-10-16-13/h2-6,9-10,15H,7-8H2,1H3. The Morgan fingerprint density at radius 3 is 3.00 bits per heavy atom. The fourth-order valence-corrected chi connectivity index (χ4v) is 2.16. The van der Waals surface area contributed by atoms with Crippen molar-refractivity contribution in [1.29, 1.82) is 0 Å². The molecule has 0 spiro atoms. The zero-order valence-electron chi connectivity index (χ0n) is 9.76. The van der Waals surface area contributed by atoms with Gasteiger partial charge in [0.2, 0.25) is 0 Å². The molecule has 2 aromatic rings. The fraction of sp³-hybridized carbons (Fsp3) is 0.231. The maximum absolute atomic E-state index is 4.16. The molecule has 0 saturated heterocycles. The summed E-state index contributed by atoms with van der Waals surface area (Å²) in [4.78, 5) is 8.05. The smallest absolute Gasteiger partial charge is 0.116 e. The van der Waals surface area contributed by atoms with Crippen LogP contribution in [0, 0.1) is 6.92 Å². The van der Waals surface area contributed by atoms with Crippen molar-refractivity contribution in [1.82, 2.24) is 9.97 Å². The van der Waals surface area contributed by atoms with Crippen LogP contribution in [0.3, 0.4) is 0 Å². The molecule has 0 atom stereocenters. The first-order valence-corrected chi connectivity index (χ1v) is 6.52. The minimum atomic E-state index is 0.929. The number of benzene rings is 1. The Kier molecular flexibility index (Phi) is 4.38. The number of nitrogens with one attached hydrogen (secondary N) is 1. The summed E-state index contributed by atoms with van der Waals surface area (Å²) in [5.74, 6) is 0.991. The van der Waals surface area contributed by atoms with Crippen LogP contribution in [0.4, 0.5) is 5.69 Å². The second kappa shape index (κ2) is 6.25. The molecule has 0 aliphatic rings. The highest BCUT2D eigenvalue weighted by atomic mass is 32.2. The minimum absolute atomic E-state index is 0.929. The highest BCUT2D eigenvalue weighted by Crippen LogP contribution is 2.14. The molecule has 17 heavy (non-hydrogen) atoms. The summed E-state index contributed by atoms with van der Waals surface area (Å²) in [6, 6.07) is 10.3. The van der Waals surface area contributed by atoms with Crippen molar-refractivity contribution in [2.24, 2.45) is 0 Å². The molecule has 88 valence electrons. The molecule has 0 saturated carbocycles. The molecule has 0 radical (unpaired) electrons. The SMILES string of the molecule is Cc1cccc(NCCSc2ccncn2)c1. The Morgan fingerprint density at radius 2 is 2.24 bits per heavy atom. The molecule has 0 amide bonds. The van der Waals surface area contributed by atoms with Gasteiger partial charge in [0, 0.05) is 24.2 Å². The summed E-state index contributed by atoms with van der Waals surface area (Å²) in [7, 11) is 0. The van der Waals surface area contributed by atoms with E-state index in [1.165, 1.54) is 11.3 Å². The summed E-state index contributed by atoms with van der Waals surface area (Å²) in [5, 5.41) is 4.41. The van der Waals surface area contributed by atoms with Gasteiger partial charge in [-0.1, -0.05) is 12.1 Å².